The molecule has 2 aliphatic rings. The molecule has 0 radical (unpaired) electrons. The number of esters is 2. The molecule has 0 bridgehead atoms. The van der Waals surface area contributed by atoms with E-state index in [1.54, 1.807) is 42.3 Å². The normalized spacial score (nSPS) is 20.8. The van der Waals surface area contributed by atoms with Gasteiger partial charge in [0.2, 0.25) is 0 Å². The highest BCUT2D eigenvalue weighted by molar-refractivity contribution is 9.10. The molecular weight excluding hydrogens is 918 g/mol. The minimum Gasteiger partial charge on any atom is -0.623 e. The molecule has 2 aromatic rings. The summed E-state index contributed by atoms with van der Waals surface area (Å²) in [6, 6.07) is 9.17. The number of aliphatic hydroxyl groups is 1. The number of fused-ring (bicyclic) bond motifs is 1. The van der Waals surface area contributed by atoms with Crippen molar-refractivity contribution in [2.45, 2.75) is 129 Å². The van der Waals surface area contributed by atoms with Crippen LogP contribution in [0.4, 0.5) is 8.78 Å². The Labute approximate surface area is 362 Å². The van der Waals surface area contributed by atoms with Crippen LogP contribution in [-0.4, -0.2) is 94.4 Å². The van der Waals surface area contributed by atoms with E-state index in [1.165, 1.54) is 12.1 Å². The zero-order valence-electron chi connectivity index (χ0n) is 36.0. The lowest BCUT2D eigenvalue weighted by molar-refractivity contribution is -0.470. The summed E-state index contributed by atoms with van der Waals surface area (Å²) in [7, 11) is -2.41. The second-order valence-electron chi connectivity index (χ2n) is 17.3. The molecule has 17 heteroatoms. The van der Waals surface area contributed by atoms with Gasteiger partial charge in [0, 0.05) is 5.56 Å². The molecule has 326 valence electrons. The number of hydrogen-bond acceptors (Lipinski definition) is 10. The molecule has 58 heavy (non-hydrogen) atoms. The molecule has 0 aliphatic carbocycles. The first-order chi connectivity index (χ1) is 26.6. The summed E-state index contributed by atoms with van der Waals surface area (Å²) in [5.74, 6) is -2.08. The lowest BCUT2D eigenvalue weighted by atomic mass is 9.93. The largest absolute Gasteiger partial charge is 0.623 e. The van der Waals surface area contributed by atoms with E-state index in [4.69, 9.17) is 23.5 Å². The molecule has 0 unspecified atom stereocenters. The average molecular weight is 981 g/mol. The van der Waals surface area contributed by atoms with Gasteiger partial charge < -0.3 is 28.6 Å². The number of nitrogens with zero attached hydrogens (tertiary/aromatic N) is 2. The van der Waals surface area contributed by atoms with Crippen molar-refractivity contribution in [2.75, 3.05) is 20.3 Å². The van der Waals surface area contributed by atoms with Crippen LogP contribution < -0.4 is 0 Å². The van der Waals surface area contributed by atoms with E-state index in [2.05, 4.69) is 104 Å². The van der Waals surface area contributed by atoms with E-state index >= 15 is 0 Å². The first kappa shape index (κ1) is 51.8. The third-order valence-electron chi connectivity index (χ3n) is 10.8. The number of carbonyl (C=O) groups is 2. The van der Waals surface area contributed by atoms with Gasteiger partial charge in [0.15, 0.2) is 23.2 Å². The predicted octanol–water partition coefficient (Wildman–Crippen LogP) is 9.44. The van der Waals surface area contributed by atoms with Crippen molar-refractivity contribution in [1.82, 2.24) is 5.06 Å². The van der Waals surface area contributed by atoms with Gasteiger partial charge in [0.05, 0.1) is 53.4 Å². The molecule has 2 heterocycles. The quantitative estimate of drug-likeness (QED) is 0.0418. The number of methoxy groups -OCH3 is 1. The number of ether oxygens (including phenoxy) is 2. The Kier molecular flexibility index (Phi) is 19.6. The molecule has 0 aromatic heterocycles. The Morgan fingerprint density at radius 2 is 1.50 bits per heavy atom. The van der Waals surface area contributed by atoms with E-state index in [9.17, 15) is 23.6 Å². The Morgan fingerprint density at radius 1 is 0.983 bits per heavy atom. The maximum Gasteiger partial charge on any atom is 0.396 e. The molecular formula is C41H62Br2F2N2O9Si2. The minimum absolute atomic E-state index is 0.0811. The molecule has 0 saturated carbocycles. The highest BCUT2D eigenvalue weighted by Gasteiger charge is 2.57. The molecule has 2 saturated heterocycles. The number of cyclic esters (lactones) is 1. The number of hydrogen-bond donors (Lipinski definition) is 1. The predicted molar refractivity (Wildman–Crippen MR) is 234 cm³/mol. The third kappa shape index (κ3) is 15.0. The average Bonchev–Trinajstić information content (AvgIpc) is 3.62. The molecule has 2 aliphatic heterocycles. The van der Waals surface area contributed by atoms with Crippen LogP contribution in [0.15, 0.2) is 57.5 Å². The van der Waals surface area contributed by atoms with E-state index in [0.717, 1.165) is 13.3 Å². The first-order valence-corrected chi connectivity index (χ1v) is 26.5. The Morgan fingerprint density at radius 3 is 2.02 bits per heavy atom. The summed E-state index contributed by atoms with van der Waals surface area (Å²) in [5.41, 5.74) is 0.663. The third-order valence-corrected chi connectivity index (χ3v) is 21.0. The number of benzene rings is 2. The van der Waals surface area contributed by atoms with Gasteiger partial charge in [-0.25, -0.2) is 18.3 Å². The fourth-order valence-electron chi connectivity index (χ4n) is 5.27. The van der Waals surface area contributed by atoms with Crippen molar-refractivity contribution in [3.8, 4) is 0 Å². The molecule has 5 atom stereocenters. The molecule has 0 spiro atoms. The summed E-state index contributed by atoms with van der Waals surface area (Å²) in [4.78, 5) is 29.3. The molecule has 1 N–H and O–H groups in total. The van der Waals surface area contributed by atoms with Crippen LogP contribution >= 0.6 is 31.9 Å². The Balaban J connectivity index is 0.000000330. The zero-order chi connectivity index (χ0) is 44.4. The second-order valence-corrected chi connectivity index (χ2v) is 28.7. The van der Waals surface area contributed by atoms with Crippen molar-refractivity contribution >= 4 is 66.6 Å². The molecule has 4 rings (SSSR count). The summed E-state index contributed by atoms with van der Waals surface area (Å²) in [6.07, 6.45) is 3.44. The van der Waals surface area contributed by atoms with E-state index in [0.29, 0.717) is 28.0 Å². The van der Waals surface area contributed by atoms with Crippen LogP contribution in [0, 0.1) is 22.8 Å². The van der Waals surface area contributed by atoms with Crippen molar-refractivity contribution in [1.29, 1.82) is 0 Å². The summed E-state index contributed by atoms with van der Waals surface area (Å²) in [5, 5.41) is 22.1. The van der Waals surface area contributed by atoms with Gasteiger partial charge in [-0.15, -0.1) is 0 Å². The van der Waals surface area contributed by atoms with Gasteiger partial charge in [-0.1, -0.05) is 71.9 Å². The summed E-state index contributed by atoms with van der Waals surface area (Å²) < 4.78 is 50.8. The van der Waals surface area contributed by atoms with Gasteiger partial charge in [-0.05, 0) is 100 Å². The topological polar surface area (TPSA) is 130 Å². The van der Waals surface area contributed by atoms with Gasteiger partial charge in [0.25, 0.3) is 6.21 Å². The standard InChI is InChI=1S/C20H29BrFNO4Si.C11H24O2Si.C10H9BrFNO3/c1-12-16-15(11-25-28(5,6)20(2,3)4)27-23(18(16)19(24)26-12)10-13-8-7-9-14(21)17(13)22;1-10(12)8-7-9-13-14(5,6)11(2,3)4;1-16-9(14)6-13(15)5-7-3-2-4-8(11)10(7)12/h7-9,12,15-16,18H,10-11H2,1-6H3;7-8,10,12H,9H2,1-6H3;2-4,6H,5H2,1H3/b;8-7-;13-6-/t12-,15-,16+,18-;10-;/m00./s1. The van der Waals surface area contributed by atoms with Crippen LogP contribution in [0.3, 0.4) is 0 Å². The van der Waals surface area contributed by atoms with Crippen LogP contribution in [0.5, 0.6) is 0 Å². The highest BCUT2D eigenvalue weighted by atomic mass is 79.9. The van der Waals surface area contributed by atoms with E-state index in [-0.39, 0.29) is 69.2 Å². The molecule has 0 amide bonds. The van der Waals surface area contributed by atoms with Gasteiger partial charge in [-0.2, -0.15) is 5.06 Å². The van der Waals surface area contributed by atoms with E-state index in [1.807, 2.05) is 13.0 Å². The monoisotopic (exact) mass is 978 g/mol. The second kappa shape index (κ2) is 21.9. The van der Waals surface area contributed by atoms with Crippen molar-refractivity contribution in [3.05, 3.63) is 85.5 Å². The van der Waals surface area contributed by atoms with Crippen molar-refractivity contribution in [3.63, 3.8) is 0 Å². The van der Waals surface area contributed by atoms with Crippen LogP contribution in [0.1, 0.15) is 66.5 Å². The molecule has 11 nitrogen and oxygen atoms in total. The van der Waals surface area contributed by atoms with Crippen LogP contribution in [-0.2, 0) is 45.8 Å². The maximum absolute atomic E-state index is 14.4. The van der Waals surface area contributed by atoms with Gasteiger partial charge >= 0.3 is 11.9 Å². The van der Waals surface area contributed by atoms with Crippen molar-refractivity contribution in [2.24, 2.45) is 5.92 Å². The Bertz CT molecular complexity index is 1750. The number of carbonyl (C=O) groups excluding carboxylic acids is 2. The van der Waals surface area contributed by atoms with Crippen LogP contribution in [0.2, 0.25) is 36.3 Å². The number of aliphatic hydroxyl groups excluding tert-OH is 1. The van der Waals surface area contributed by atoms with E-state index < -0.39 is 34.5 Å². The Hall–Kier alpha value is -2.36. The lowest BCUT2D eigenvalue weighted by Crippen LogP contribution is -2.44. The molecule has 2 fully saturated rings. The number of rotatable bonds is 12. The van der Waals surface area contributed by atoms with Gasteiger partial charge in [0.1, 0.15) is 29.9 Å². The first-order valence-electron chi connectivity index (χ1n) is 19.1. The number of hydroxylamine groups is 3. The van der Waals surface area contributed by atoms with Crippen LogP contribution in [0.25, 0.3) is 0 Å². The lowest BCUT2D eigenvalue weighted by Gasteiger charge is -2.37. The minimum atomic E-state index is -1.96. The summed E-state index contributed by atoms with van der Waals surface area (Å²) in [6.45, 7) is 26.6. The maximum atomic E-state index is 14.4. The fraction of sp³-hybridized carbons (Fsp3) is 0.585. The SMILES string of the molecule is COC(=O)/C=[N+](\[O-])Cc1cccc(Br)c1F.C[C@@H]1OC(=O)[C@@H]2[C@H]1[C@H](CO[Si](C)(C)C(C)(C)C)ON2Cc1cccc(Br)c1F.C[C@H](O)/C=C\CO[Si](C)(C)C(C)(C)C. The smallest absolute Gasteiger partial charge is 0.396 e. The zero-order valence-corrected chi connectivity index (χ0v) is 41.2. The fourth-order valence-corrected chi connectivity index (χ4v) is 8.05. The molecule has 2 aromatic carbocycles. The summed E-state index contributed by atoms with van der Waals surface area (Å²) >= 11 is 6.21. The van der Waals surface area contributed by atoms with Gasteiger partial charge in [-0.3, -0.25) is 9.63 Å². The number of halogens is 4. The van der Waals surface area contributed by atoms with Crippen molar-refractivity contribution < 1.29 is 51.4 Å². The highest BCUT2D eigenvalue weighted by Crippen LogP contribution is 2.42.